The molecule has 0 aromatic carbocycles. The summed E-state index contributed by atoms with van der Waals surface area (Å²) in [6.07, 6.45) is 4.20. The first-order chi connectivity index (χ1) is 4.86. The Morgan fingerprint density at radius 2 is 2.30 bits per heavy atom. The van der Waals surface area contributed by atoms with Gasteiger partial charge in [-0.3, -0.25) is 0 Å². The van der Waals surface area contributed by atoms with E-state index in [4.69, 9.17) is 0 Å². The molecule has 0 aromatic rings. The van der Waals surface area contributed by atoms with E-state index in [-0.39, 0.29) is 0 Å². The molecule has 2 heteroatoms. The van der Waals surface area contributed by atoms with Crippen LogP contribution in [0, 0.1) is 0 Å². The van der Waals surface area contributed by atoms with Crippen LogP contribution in [-0.2, 0) is 7.05 Å². The van der Waals surface area contributed by atoms with Gasteiger partial charge in [-0.25, -0.2) is 0 Å². The van der Waals surface area contributed by atoms with E-state index in [1.807, 2.05) is 7.05 Å². The molecule has 0 N–H and O–H groups in total. The molecule has 0 atom stereocenters. The normalized spacial score (nSPS) is 10.5. The number of nitrogens with zero attached hydrogens (tertiary/aromatic N) is 1. The summed E-state index contributed by atoms with van der Waals surface area (Å²) in [6.45, 7) is 0. The fourth-order valence-corrected chi connectivity index (χ4v) is 1.78. The molecule has 0 amide bonds. The molecule has 10 heavy (non-hydrogen) atoms. The first-order valence-electron chi connectivity index (χ1n) is 3.19. The van der Waals surface area contributed by atoms with Crippen molar-refractivity contribution < 1.29 is 0 Å². The molecule has 0 saturated carbocycles. The molecular formula is C8H8NS+. The van der Waals surface area contributed by atoms with E-state index in [1.54, 1.807) is 11.3 Å². The highest BCUT2D eigenvalue weighted by Crippen LogP contribution is 2.26. The van der Waals surface area contributed by atoms with Crippen molar-refractivity contribution in [2.75, 3.05) is 0 Å². The second kappa shape index (κ2) is 2.06. The lowest BCUT2D eigenvalue weighted by molar-refractivity contribution is 0.907. The van der Waals surface area contributed by atoms with Crippen molar-refractivity contribution in [3.8, 4) is 10.4 Å². The Labute approximate surface area is 63.9 Å². The van der Waals surface area contributed by atoms with Gasteiger partial charge in [-0.05, 0) is 0 Å². The molecule has 2 heterocycles. The van der Waals surface area contributed by atoms with Gasteiger partial charge in [-0.1, -0.05) is 0 Å². The number of aryl methyl sites for hydroxylation is 1. The molecule has 50 valence electrons. The summed E-state index contributed by atoms with van der Waals surface area (Å²) in [5.74, 6) is 0. The Hall–Kier alpha value is -0.890. The second-order valence-corrected chi connectivity index (χ2v) is 3.30. The van der Waals surface area contributed by atoms with Crippen LogP contribution in [0.1, 0.15) is 0 Å². The van der Waals surface area contributed by atoms with E-state index in [0.29, 0.717) is 0 Å². The molecule has 1 nitrogen and oxygen atoms in total. The third-order valence-corrected chi connectivity index (χ3v) is 2.43. The highest BCUT2D eigenvalue weighted by molar-refractivity contribution is 7.13. The zero-order valence-electron chi connectivity index (χ0n) is 5.74. The number of fused-ring (bicyclic) bond motifs is 1. The van der Waals surface area contributed by atoms with Gasteiger partial charge in [0.2, 0.25) is 16.2 Å². The molecule has 0 radical (unpaired) electrons. The molecule has 0 saturated heterocycles. The van der Waals surface area contributed by atoms with Crippen molar-refractivity contribution in [2.45, 2.75) is 0 Å². The monoisotopic (exact) mass is 150 g/mol. The molecule has 2 aliphatic rings. The number of aromatic nitrogens is 1. The van der Waals surface area contributed by atoms with Crippen LogP contribution in [0.3, 0.4) is 0 Å². The largest absolute Gasteiger partial charge is 0.356 e. The predicted molar refractivity (Wildman–Crippen MR) is 44.3 cm³/mol. The Kier molecular flexibility index (Phi) is 1.21. The first kappa shape index (κ1) is 5.86. The predicted octanol–water partition coefficient (Wildman–Crippen LogP) is 2.47. The zero-order valence-corrected chi connectivity index (χ0v) is 6.56. The molecular weight excluding hydrogens is 142 g/mol. The van der Waals surface area contributed by atoms with Gasteiger partial charge in [0.05, 0.1) is 5.56 Å². The van der Waals surface area contributed by atoms with E-state index < -0.39 is 0 Å². The highest BCUT2D eigenvalue weighted by atomic mass is 32.1. The van der Waals surface area contributed by atoms with E-state index in [2.05, 4.69) is 34.5 Å². The fraction of sp³-hybridized carbons (Fsp3) is 0.125. The molecule has 0 bridgehead atoms. The lowest BCUT2D eigenvalue weighted by atomic mass is 10.2. The topological polar surface area (TPSA) is 4.93 Å². The summed E-state index contributed by atoms with van der Waals surface area (Å²) in [7, 11) is 2.04. The van der Waals surface area contributed by atoms with Gasteiger partial charge in [-0.15, -0.1) is 0 Å². The SMILES string of the molecule is Cn1ccc2[s+]ccc-2c1. The Bertz CT molecular complexity index is 313. The maximum atomic E-state index is 2.14. The summed E-state index contributed by atoms with van der Waals surface area (Å²) in [5, 5.41) is 2.12. The third kappa shape index (κ3) is 0.809. The van der Waals surface area contributed by atoms with Crippen LogP contribution >= 0.6 is 11.3 Å². The van der Waals surface area contributed by atoms with Crippen molar-refractivity contribution in [3.05, 3.63) is 29.9 Å². The summed E-state index contributed by atoms with van der Waals surface area (Å²) in [6, 6.07) is 4.28. The standard InChI is InChI=1S/C8H8NS/c1-9-4-2-8-7(6-9)3-5-10-8/h2-6H,1H3/q+1. The van der Waals surface area contributed by atoms with Crippen molar-refractivity contribution in [2.24, 2.45) is 7.05 Å². The van der Waals surface area contributed by atoms with Crippen molar-refractivity contribution in [1.82, 2.24) is 4.57 Å². The zero-order chi connectivity index (χ0) is 6.97. The molecule has 0 aliphatic carbocycles. The van der Waals surface area contributed by atoms with E-state index in [0.717, 1.165) is 0 Å². The van der Waals surface area contributed by atoms with Crippen molar-refractivity contribution >= 4 is 11.3 Å². The highest BCUT2D eigenvalue weighted by Gasteiger charge is 2.11. The number of hydrogen-bond acceptors (Lipinski definition) is 0. The Balaban J connectivity index is 2.75. The molecule has 0 aromatic heterocycles. The lowest BCUT2D eigenvalue weighted by Crippen LogP contribution is -1.87. The summed E-state index contributed by atoms with van der Waals surface area (Å²) >= 11 is 1.78. The van der Waals surface area contributed by atoms with Gasteiger partial charge in [0.15, 0.2) is 5.38 Å². The van der Waals surface area contributed by atoms with E-state index in [1.165, 1.54) is 10.4 Å². The number of hydrogen-bond donors (Lipinski definition) is 0. The van der Waals surface area contributed by atoms with Gasteiger partial charge in [0, 0.05) is 31.6 Å². The Morgan fingerprint density at radius 3 is 3.20 bits per heavy atom. The van der Waals surface area contributed by atoms with Crippen LogP contribution in [0.4, 0.5) is 0 Å². The van der Waals surface area contributed by atoms with Gasteiger partial charge in [-0.2, -0.15) is 0 Å². The van der Waals surface area contributed by atoms with Crippen LogP contribution in [0.5, 0.6) is 0 Å². The van der Waals surface area contributed by atoms with E-state index in [9.17, 15) is 0 Å². The average Bonchev–Trinajstić information content (AvgIpc) is 2.33. The number of thiophene rings is 1. The van der Waals surface area contributed by atoms with Crippen LogP contribution in [-0.4, -0.2) is 4.57 Å². The Morgan fingerprint density at radius 1 is 1.40 bits per heavy atom. The minimum absolute atomic E-state index is 1.33. The van der Waals surface area contributed by atoms with Gasteiger partial charge >= 0.3 is 0 Å². The van der Waals surface area contributed by atoms with Crippen LogP contribution < -0.4 is 0 Å². The van der Waals surface area contributed by atoms with Gasteiger partial charge in [0.25, 0.3) is 0 Å². The first-order valence-corrected chi connectivity index (χ1v) is 4.07. The van der Waals surface area contributed by atoms with Crippen LogP contribution in [0.25, 0.3) is 10.4 Å². The quantitative estimate of drug-likeness (QED) is 0.508. The molecule has 0 unspecified atom stereocenters. The molecule has 0 spiro atoms. The smallest absolute Gasteiger partial charge is 0.241 e. The average molecular weight is 150 g/mol. The van der Waals surface area contributed by atoms with Gasteiger partial charge in [0.1, 0.15) is 0 Å². The third-order valence-electron chi connectivity index (χ3n) is 1.53. The second-order valence-electron chi connectivity index (χ2n) is 2.35. The fourth-order valence-electron chi connectivity index (χ4n) is 1.02. The summed E-state index contributed by atoms with van der Waals surface area (Å²) in [4.78, 5) is 1.36. The number of rotatable bonds is 0. The minimum Gasteiger partial charge on any atom is -0.356 e. The van der Waals surface area contributed by atoms with Gasteiger partial charge < -0.3 is 4.57 Å². The summed E-state index contributed by atoms with van der Waals surface area (Å²) < 4.78 is 2.06. The van der Waals surface area contributed by atoms with Crippen LogP contribution in [0.2, 0.25) is 0 Å². The van der Waals surface area contributed by atoms with E-state index >= 15 is 0 Å². The van der Waals surface area contributed by atoms with Crippen molar-refractivity contribution in [3.63, 3.8) is 0 Å². The molecule has 2 rings (SSSR count). The minimum atomic E-state index is 1.33. The molecule has 0 fully saturated rings. The summed E-state index contributed by atoms with van der Waals surface area (Å²) in [5.41, 5.74) is 1.33. The maximum Gasteiger partial charge on any atom is 0.241 e. The lowest BCUT2D eigenvalue weighted by Gasteiger charge is -1.95. The van der Waals surface area contributed by atoms with Crippen LogP contribution in [0.15, 0.2) is 29.9 Å². The molecule has 2 aliphatic heterocycles. The maximum absolute atomic E-state index is 2.14. The van der Waals surface area contributed by atoms with Crippen molar-refractivity contribution in [1.29, 1.82) is 0 Å². The number of pyridine rings is 1.